The van der Waals surface area contributed by atoms with Crippen molar-refractivity contribution in [2.24, 2.45) is 5.92 Å². The number of benzene rings is 3. The van der Waals surface area contributed by atoms with Crippen molar-refractivity contribution in [2.75, 3.05) is 30.3 Å². The molecular formula is C30H32N2O6. The fraction of sp³-hybridized carbons (Fsp3) is 0.333. The molecule has 198 valence electrons. The molecule has 2 aliphatic heterocycles. The van der Waals surface area contributed by atoms with Crippen molar-refractivity contribution >= 4 is 23.2 Å². The largest absolute Gasteiger partial charge is 0.494 e. The lowest BCUT2D eigenvalue weighted by atomic mass is 9.90. The number of imide groups is 1. The Balaban J connectivity index is 1.51. The van der Waals surface area contributed by atoms with Gasteiger partial charge in [-0.2, -0.15) is 0 Å². The zero-order valence-corrected chi connectivity index (χ0v) is 21.8. The van der Waals surface area contributed by atoms with Crippen LogP contribution in [0.5, 0.6) is 17.2 Å². The monoisotopic (exact) mass is 516 g/mol. The number of para-hydroxylation sites is 1. The Hall–Kier alpha value is -4.04. The van der Waals surface area contributed by atoms with Crippen LogP contribution < -0.4 is 24.2 Å². The summed E-state index contributed by atoms with van der Waals surface area (Å²) in [7, 11) is 1.59. The van der Waals surface area contributed by atoms with Crippen molar-refractivity contribution in [3.05, 3.63) is 78.4 Å². The lowest BCUT2D eigenvalue weighted by Crippen LogP contribution is -2.37. The Bertz CT molecular complexity index is 1280. The van der Waals surface area contributed by atoms with Gasteiger partial charge in [0.05, 0.1) is 37.7 Å². The minimum atomic E-state index is -0.953. The highest BCUT2D eigenvalue weighted by atomic mass is 16.7. The third-order valence-corrected chi connectivity index (χ3v) is 6.82. The molecular weight excluding hydrogens is 484 g/mol. The first-order chi connectivity index (χ1) is 18.6. The number of carbonyl (C=O) groups is 2. The summed E-state index contributed by atoms with van der Waals surface area (Å²) in [5, 5.41) is 1.67. The van der Waals surface area contributed by atoms with Gasteiger partial charge >= 0.3 is 0 Å². The number of rotatable bonds is 10. The van der Waals surface area contributed by atoms with E-state index in [1.54, 1.807) is 36.4 Å². The summed E-state index contributed by atoms with van der Waals surface area (Å²) >= 11 is 0. The maximum Gasteiger partial charge on any atom is 0.266 e. The lowest BCUT2D eigenvalue weighted by Gasteiger charge is -2.29. The molecule has 8 nitrogen and oxygen atoms in total. The second kappa shape index (κ2) is 11.1. The Kier molecular flexibility index (Phi) is 7.51. The molecule has 0 radical (unpaired) electrons. The number of hydrogen-bond acceptors (Lipinski definition) is 7. The highest BCUT2D eigenvalue weighted by Crippen LogP contribution is 2.48. The van der Waals surface area contributed by atoms with Gasteiger partial charge in [0.2, 0.25) is 5.91 Å². The van der Waals surface area contributed by atoms with Gasteiger partial charge in [0.15, 0.2) is 17.6 Å². The summed E-state index contributed by atoms with van der Waals surface area (Å²) in [5.74, 6) is 0.430. The van der Waals surface area contributed by atoms with E-state index < -0.39 is 18.1 Å². The Labute approximate surface area is 222 Å². The van der Waals surface area contributed by atoms with Crippen LogP contribution in [0.2, 0.25) is 0 Å². The third-order valence-electron chi connectivity index (χ3n) is 6.82. The molecule has 0 aromatic heterocycles. The van der Waals surface area contributed by atoms with E-state index in [4.69, 9.17) is 19.0 Å². The Morgan fingerprint density at radius 1 is 0.842 bits per heavy atom. The SMILES string of the molecule is CCCCOc1ccc([C@H]2[C@H]3C(=O)N(c4ccc(OCC)cc4)C(=O)[C@H]3ON2c2ccccc2)cc1OC. The highest BCUT2D eigenvalue weighted by Gasteiger charge is 2.60. The minimum absolute atomic E-state index is 0.310. The topological polar surface area (TPSA) is 77.5 Å². The minimum Gasteiger partial charge on any atom is -0.494 e. The maximum absolute atomic E-state index is 13.9. The van der Waals surface area contributed by atoms with Crippen LogP contribution in [0.15, 0.2) is 72.8 Å². The fourth-order valence-corrected chi connectivity index (χ4v) is 4.98. The molecule has 0 saturated carbocycles. The third kappa shape index (κ3) is 4.67. The quantitative estimate of drug-likeness (QED) is 0.266. The van der Waals surface area contributed by atoms with Crippen LogP contribution in [-0.2, 0) is 14.4 Å². The molecule has 2 saturated heterocycles. The van der Waals surface area contributed by atoms with E-state index in [2.05, 4.69) is 6.92 Å². The molecule has 0 bridgehead atoms. The lowest BCUT2D eigenvalue weighted by molar-refractivity contribution is -0.126. The summed E-state index contributed by atoms with van der Waals surface area (Å²) in [5.41, 5.74) is 2.03. The van der Waals surface area contributed by atoms with Crippen LogP contribution in [0.25, 0.3) is 0 Å². The van der Waals surface area contributed by atoms with Gasteiger partial charge in [-0.3, -0.25) is 14.4 Å². The van der Waals surface area contributed by atoms with Gasteiger partial charge in [-0.25, -0.2) is 9.96 Å². The number of carbonyl (C=O) groups excluding carboxylic acids is 2. The van der Waals surface area contributed by atoms with Crippen molar-refractivity contribution < 1.29 is 28.6 Å². The number of anilines is 2. The molecule has 3 aromatic carbocycles. The van der Waals surface area contributed by atoms with Crippen molar-refractivity contribution in [1.82, 2.24) is 0 Å². The Morgan fingerprint density at radius 3 is 2.29 bits per heavy atom. The van der Waals surface area contributed by atoms with E-state index >= 15 is 0 Å². The van der Waals surface area contributed by atoms with E-state index in [1.807, 2.05) is 55.5 Å². The highest BCUT2D eigenvalue weighted by molar-refractivity contribution is 6.23. The Morgan fingerprint density at radius 2 is 1.61 bits per heavy atom. The summed E-state index contributed by atoms with van der Waals surface area (Å²) in [6.07, 6.45) is 1.01. The fourth-order valence-electron chi connectivity index (χ4n) is 4.98. The molecule has 0 aliphatic carbocycles. The zero-order valence-electron chi connectivity index (χ0n) is 21.8. The molecule has 2 aliphatic rings. The standard InChI is InChI=1S/C30H32N2O6/c1-4-6-18-37-24-17-12-20(19-25(24)35-3)27-26-28(38-32(27)22-10-8-7-9-11-22)30(34)31(29(26)33)21-13-15-23(16-14-21)36-5-2/h7-17,19,26-28H,4-6,18H2,1-3H3/t26-,27+,28+/m1/s1. The van der Waals surface area contributed by atoms with E-state index in [-0.39, 0.29) is 11.8 Å². The van der Waals surface area contributed by atoms with Gasteiger partial charge in [0.1, 0.15) is 11.7 Å². The van der Waals surface area contributed by atoms with Crippen LogP contribution in [0.1, 0.15) is 38.3 Å². The smallest absolute Gasteiger partial charge is 0.266 e. The van der Waals surface area contributed by atoms with Crippen LogP contribution in [0.4, 0.5) is 11.4 Å². The molecule has 2 amide bonds. The average Bonchev–Trinajstić information content (AvgIpc) is 3.46. The van der Waals surface area contributed by atoms with E-state index in [1.165, 1.54) is 4.90 Å². The number of methoxy groups -OCH3 is 1. The molecule has 38 heavy (non-hydrogen) atoms. The number of nitrogens with zero attached hydrogens (tertiary/aromatic N) is 2. The molecule has 2 heterocycles. The van der Waals surface area contributed by atoms with Crippen LogP contribution >= 0.6 is 0 Å². The van der Waals surface area contributed by atoms with Gasteiger partial charge in [0, 0.05) is 0 Å². The van der Waals surface area contributed by atoms with Crippen molar-refractivity contribution in [2.45, 2.75) is 38.8 Å². The number of hydroxylamine groups is 1. The normalized spacial score (nSPS) is 20.6. The maximum atomic E-state index is 13.9. The number of ether oxygens (including phenoxy) is 3. The van der Waals surface area contributed by atoms with Crippen molar-refractivity contribution in [3.63, 3.8) is 0 Å². The molecule has 0 N–H and O–H groups in total. The first-order valence-electron chi connectivity index (χ1n) is 13.0. The second-order valence-corrected chi connectivity index (χ2v) is 9.21. The van der Waals surface area contributed by atoms with Crippen LogP contribution in [-0.4, -0.2) is 38.2 Å². The molecule has 0 spiro atoms. The predicted octanol–water partition coefficient (Wildman–Crippen LogP) is 5.32. The first kappa shape index (κ1) is 25.6. The van der Waals surface area contributed by atoms with Gasteiger partial charge in [-0.15, -0.1) is 0 Å². The number of fused-ring (bicyclic) bond motifs is 1. The molecule has 8 heteroatoms. The van der Waals surface area contributed by atoms with Gasteiger partial charge in [-0.05, 0) is 67.4 Å². The van der Waals surface area contributed by atoms with E-state index in [0.29, 0.717) is 36.1 Å². The summed E-state index contributed by atoms with van der Waals surface area (Å²) in [6.45, 7) is 5.12. The molecule has 2 fully saturated rings. The van der Waals surface area contributed by atoms with Crippen LogP contribution in [0, 0.1) is 5.92 Å². The van der Waals surface area contributed by atoms with Gasteiger partial charge < -0.3 is 14.2 Å². The second-order valence-electron chi connectivity index (χ2n) is 9.21. The van der Waals surface area contributed by atoms with E-state index in [9.17, 15) is 9.59 Å². The number of hydrogen-bond donors (Lipinski definition) is 0. The average molecular weight is 517 g/mol. The van der Waals surface area contributed by atoms with Gasteiger partial charge in [-0.1, -0.05) is 37.6 Å². The zero-order chi connectivity index (χ0) is 26.6. The summed E-state index contributed by atoms with van der Waals surface area (Å²) in [4.78, 5) is 34.9. The molecule has 0 unspecified atom stereocenters. The van der Waals surface area contributed by atoms with Gasteiger partial charge in [0.25, 0.3) is 5.91 Å². The van der Waals surface area contributed by atoms with Crippen molar-refractivity contribution in [1.29, 1.82) is 0 Å². The summed E-state index contributed by atoms with van der Waals surface area (Å²) < 4.78 is 17.1. The summed E-state index contributed by atoms with van der Waals surface area (Å²) in [6, 6.07) is 21.5. The molecule has 5 rings (SSSR count). The van der Waals surface area contributed by atoms with E-state index in [0.717, 1.165) is 24.1 Å². The van der Waals surface area contributed by atoms with Crippen LogP contribution in [0.3, 0.4) is 0 Å². The van der Waals surface area contributed by atoms with Crippen molar-refractivity contribution in [3.8, 4) is 17.2 Å². The predicted molar refractivity (Wildman–Crippen MR) is 144 cm³/mol. The molecule has 3 aromatic rings. The molecule has 3 atom stereocenters. The number of amides is 2. The first-order valence-corrected chi connectivity index (χ1v) is 13.0. The number of unbranched alkanes of at least 4 members (excludes halogenated alkanes) is 1.